The Hall–Kier alpha value is -2.83. The molecule has 0 aromatic heterocycles. The largest absolute Gasteiger partial charge is 0.494 e. The van der Waals surface area contributed by atoms with Gasteiger partial charge in [0.1, 0.15) is 18.1 Å². The van der Waals surface area contributed by atoms with E-state index in [2.05, 4.69) is 10.6 Å². The van der Waals surface area contributed by atoms with Gasteiger partial charge in [-0.25, -0.2) is 13.6 Å². The van der Waals surface area contributed by atoms with Crippen LogP contribution in [0.3, 0.4) is 0 Å². The van der Waals surface area contributed by atoms with Crippen molar-refractivity contribution < 1.29 is 23.0 Å². The minimum Gasteiger partial charge on any atom is -0.494 e. The Bertz CT molecular complexity index is 695. The summed E-state index contributed by atoms with van der Waals surface area (Å²) in [5, 5.41) is 4.95. The van der Waals surface area contributed by atoms with Gasteiger partial charge in [0.2, 0.25) is 0 Å². The van der Waals surface area contributed by atoms with Crippen LogP contribution in [-0.4, -0.2) is 25.8 Å². The summed E-state index contributed by atoms with van der Waals surface area (Å²) in [4.78, 5) is 11.6. The number of hydrogen-bond donors (Lipinski definition) is 2. The normalized spacial score (nSPS) is 10.1. The van der Waals surface area contributed by atoms with Gasteiger partial charge in [-0.3, -0.25) is 0 Å². The Morgan fingerprint density at radius 3 is 2.50 bits per heavy atom. The first kappa shape index (κ1) is 17.5. The molecule has 0 fully saturated rings. The molecule has 2 amide bonds. The number of rotatable bonds is 7. The van der Waals surface area contributed by atoms with E-state index >= 15 is 0 Å². The molecule has 0 saturated heterocycles. The highest BCUT2D eigenvalue weighted by atomic mass is 19.2. The molecule has 24 heavy (non-hydrogen) atoms. The van der Waals surface area contributed by atoms with Gasteiger partial charge in [0, 0.05) is 17.8 Å². The molecule has 0 aliphatic heterocycles. The Balaban J connectivity index is 1.72. The fraction of sp³-hybridized carbons (Fsp3) is 0.235. The fourth-order valence-corrected chi connectivity index (χ4v) is 1.90. The number of halogens is 2. The SMILES string of the molecule is CCOc1cccc(OCCNC(=O)Nc2ccc(F)c(F)c2)c1. The lowest BCUT2D eigenvalue weighted by molar-refractivity contribution is 0.247. The first-order chi connectivity index (χ1) is 11.6. The van der Waals surface area contributed by atoms with Gasteiger partial charge < -0.3 is 20.1 Å². The minimum atomic E-state index is -1.02. The number of amides is 2. The van der Waals surface area contributed by atoms with Crippen LogP contribution < -0.4 is 20.1 Å². The highest BCUT2D eigenvalue weighted by molar-refractivity contribution is 5.89. The van der Waals surface area contributed by atoms with Crippen molar-refractivity contribution in [1.29, 1.82) is 0 Å². The maximum atomic E-state index is 13.0. The quantitative estimate of drug-likeness (QED) is 0.760. The zero-order valence-electron chi connectivity index (χ0n) is 13.1. The minimum absolute atomic E-state index is 0.164. The number of carbonyl (C=O) groups is 1. The van der Waals surface area contributed by atoms with E-state index in [1.165, 1.54) is 6.07 Å². The summed E-state index contributed by atoms with van der Waals surface area (Å²) in [6.45, 7) is 2.95. The summed E-state index contributed by atoms with van der Waals surface area (Å²) in [5.74, 6) is -0.656. The van der Waals surface area contributed by atoms with Gasteiger partial charge in [0.05, 0.1) is 13.2 Å². The summed E-state index contributed by atoms with van der Waals surface area (Å²) in [6, 6.07) is 9.76. The third kappa shape index (κ3) is 5.42. The molecule has 0 unspecified atom stereocenters. The molecule has 0 heterocycles. The van der Waals surface area contributed by atoms with Gasteiger partial charge >= 0.3 is 6.03 Å². The first-order valence-electron chi connectivity index (χ1n) is 7.44. The first-order valence-corrected chi connectivity index (χ1v) is 7.44. The van der Waals surface area contributed by atoms with Crippen molar-refractivity contribution >= 4 is 11.7 Å². The maximum absolute atomic E-state index is 13.0. The number of anilines is 1. The second-order valence-corrected chi connectivity index (χ2v) is 4.77. The Kier molecular flexibility index (Phi) is 6.36. The summed E-state index contributed by atoms with van der Waals surface area (Å²) in [7, 11) is 0. The van der Waals surface area contributed by atoms with E-state index in [0.29, 0.717) is 18.1 Å². The van der Waals surface area contributed by atoms with Gasteiger partial charge in [0.15, 0.2) is 11.6 Å². The van der Waals surface area contributed by atoms with E-state index in [1.807, 2.05) is 19.1 Å². The molecule has 0 saturated carbocycles. The average molecular weight is 336 g/mol. The van der Waals surface area contributed by atoms with Crippen LogP contribution in [-0.2, 0) is 0 Å². The lowest BCUT2D eigenvalue weighted by Gasteiger charge is -2.10. The van der Waals surface area contributed by atoms with E-state index in [4.69, 9.17) is 9.47 Å². The van der Waals surface area contributed by atoms with Gasteiger partial charge in [-0.2, -0.15) is 0 Å². The summed E-state index contributed by atoms with van der Waals surface area (Å²) in [5.41, 5.74) is 0.164. The van der Waals surface area contributed by atoms with Crippen LogP contribution in [0.25, 0.3) is 0 Å². The number of hydrogen-bond acceptors (Lipinski definition) is 3. The molecule has 0 spiro atoms. The number of nitrogens with one attached hydrogen (secondary N) is 2. The van der Waals surface area contributed by atoms with E-state index in [9.17, 15) is 13.6 Å². The molecule has 2 aromatic carbocycles. The van der Waals surface area contributed by atoms with Crippen LogP contribution in [0.2, 0.25) is 0 Å². The molecule has 0 bridgehead atoms. The Morgan fingerprint density at radius 2 is 1.79 bits per heavy atom. The lowest BCUT2D eigenvalue weighted by Crippen LogP contribution is -2.32. The Labute approximate surface area is 138 Å². The second-order valence-electron chi connectivity index (χ2n) is 4.77. The van der Waals surface area contributed by atoms with Crippen molar-refractivity contribution in [3.8, 4) is 11.5 Å². The third-order valence-corrected chi connectivity index (χ3v) is 2.95. The van der Waals surface area contributed by atoms with Crippen LogP contribution in [0.4, 0.5) is 19.3 Å². The van der Waals surface area contributed by atoms with Gasteiger partial charge in [-0.15, -0.1) is 0 Å². The summed E-state index contributed by atoms with van der Waals surface area (Å²) < 4.78 is 36.7. The van der Waals surface area contributed by atoms with Crippen LogP contribution in [0, 0.1) is 11.6 Å². The van der Waals surface area contributed by atoms with Crippen molar-refractivity contribution in [2.45, 2.75) is 6.92 Å². The van der Waals surface area contributed by atoms with Gasteiger partial charge in [-0.1, -0.05) is 6.07 Å². The predicted octanol–water partition coefficient (Wildman–Crippen LogP) is 3.56. The highest BCUT2D eigenvalue weighted by Crippen LogP contribution is 2.19. The van der Waals surface area contributed by atoms with Crippen LogP contribution in [0.1, 0.15) is 6.92 Å². The molecule has 5 nitrogen and oxygen atoms in total. The zero-order chi connectivity index (χ0) is 17.4. The highest BCUT2D eigenvalue weighted by Gasteiger charge is 2.05. The topological polar surface area (TPSA) is 59.6 Å². The van der Waals surface area contributed by atoms with Gasteiger partial charge in [0.25, 0.3) is 0 Å². The molecule has 0 atom stereocenters. The molecule has 0 aliphatic rings. The van der Waals surface area contributed by atoms with Crippen molar-refractivity contribution in [2.75, 3.05) is 25.1 Å². The van der Waals surface area contributed by atoms with Crippen LogP contribution >= 0.6 is 0 Å². The fourth-order valence-electron chi connectivity index (χ4n) is 1.90. The van der Waals surface area contributed by atoms with Crippen LogP contribution in [0.5, 0.6) is 11.5 Å². The number of urea groups is 1. The molecule has 2 rings (SSSR count). The van der Waals surface area contributed by atoms with Crippen molar-refractivity contribution in [3.63, 3.8) is 0 Å². The summed E-state index contributed by atoms with van der Waals surface area (Å²) in [6.07, 6.45) is 0. The molecule has 2 N–H and O–H groups in total. The van der Waals surface area contributed by atoms with E-state index in [-0.39, 0.29) is 18.8 Å². The molecule has 128 valence electrons. The van der Waals surface area contributed by atoms with E-state index in [1.54, 1.807) is 12.1 Å². The van der Waals surface area contributed by atoms with Crippen LogP contribution in [0.15, 0.2) is 42.5 Å². The molecule has 7 heteroatoms. The lowest BCUT2D eigenvalue weighted by atomic mass is 10.3. The Morgan fingerprint density at radius 1 is 1.04 bits per heavy atom. The molecule has 0 radical (unpaired) electrons. The summed E-state index contributed by atoms with van der Waals surface area (Å²) >= 11 is 0. The average Bonchev–Trinajstić information content (AvgIpc) is 2.56. The molecular weight excluding hydrogens is 318 g/mol. The maximum Gasteiger partial charge on any atom is 0.319 e. The second kappa shape index (κ2) is 8.71. The van der Waals surface area contributed by atoms with E-state index < -0.39 is 17.7 Å². The van der Waals surface area contributed by atoms with Crippen molar-refractivity contribution in [2.24, 2.45) is 0 Å². The monoisotopic (exact) mass is 336 g/mol. The number of carbonyl (C=O) groups excluding carboxylic acids is 1. The smallest absolute Gasteiger partial charge is 0.319 e. The number of ether oxygens (including phenoxy) is 2. The van der Waals surface area contributed by atoms with Crippen molar-refractivity contribution in [3.05, 3.63) is 54.1 Å². The molecule has 0 aliphatic carbocycles. The molecule has 2 aromatic rings. The molecular formula is C17H18F2N2O3. The number of benzene rings is 2. The zero-order valence-corrected chi connectivity index (χ0v) is 13.1. The van der Waals surface area contributed by atoms with E-state index in [0.717, 1.165) is 12.1 Å². The third-order valence-electron chi connectivity index (χ3n) is 2.95. The van der Waals surface area contributed by atoms with Crippen molar-refractivity contribution in [1.82, 2.24) is 5.32 Å². The predicted molar refractivity (Wildman–Crippen MR) is 86.5 cm³/mol. The van der Waals surface area contributed by atoms with Gasteiger partial charge in [-0.05, 0) is 31.2 Å². The standard InChI is InChI=1S/C17H18F2N2O3/c1-2-23-13-4-3-5-14(11-13)24-9-8-20-17(22)21-12-6-7-15(18)16(19)10-12/h3-7,10-11H,2,8-9H2,1H3,(H2,20,21,22).